The monoisotopic (exact) mass is 151 g/mol. The van der Waals surface area contributed by atoms with Gasteiger partial charge < -0.3 is 0 Å². The van der Waals surface area contributed by atoms with Crippen LogP contribution in [0, 0.1) is 0 Å². The third-order valence-electron chi connectivity index (χ3n) is 0.337. The van der Waals surface area contributed by atoms with Crippen LogP contribution >= 0.6 is 0 Å². The Hall–Kier alpha value is -0.211. The maximum atomic E-state index is 9.97. The normalized spacial score (nSPS) is 7.86. The van der Waals surface area contributed by atoms with E-state index in [2.05, 4.69) is 21.0 Å². The van der Waals surface area contributed by atoms with Crippen LogP contribution < -0.4 is 4.33 Å². The number of carbonyl (C=O) groups excluding carboxylic acids is 1. The predicted octanol–water partition coefficient (Wildman–Crippen LogP) is 0.194. The summed E-state index contributed by atoms with van der Waals surface area (Å²) in [6.07, 6.45) is -0.567. The van der Waals surface area contributed by atoms with Crippen LogP contribution in [-0.2, 0) is 21.0 Å². The van der Waals surface area contributed by atoms with Gasteiger partial charge in [0, 0.05) is 0 Å². The van der Waals surface area contributed by atoms with Crippen molar-refractivity contribution >= 4 is 6.09 Å². The van der Waals surface area contributed by atoms with Gasteiger partial charge in [-0.1, -0.05) is 0 Å². The molecular weight excluding hydrogens is 146 g/mol. The Morgan fingerprint density at radius 3 is 2.71 bits per heavy atom. The van der Waals surface area contributed by atoms with E-state index in [1.54, 1.807) is 6.92 Å². The molecule has 4 heteroatoms. The Kier molecular flexibility index (Phi) is 3.84. The minimum absolute atomic E-state index is 0.360. The van der Waals surface area contributed by atoms with Gasteiger partial charge in [0.1, 0.15) is 0 Å². The molecule has 0 heterocycles. The van der Waals surface area contributed by atoms with Crippen molar-refractivity contribution in [2.45, 2.75) is 6.92 Å². The second kappa shape index (κ2) is 3.96. The summed E-state index contributed by atoms with van der Waals surface area (Å²) in [6, 6.07) is 0. The molecule has 0 rings (SSSR count). The van der Waals surface area contributed by atoms with Gasteiger partial charge >= 0.3 is 49.7 Å². The Balaban J connectivity index is 3.00. The van der Waals surface area contributed by atoms with E-state index >= 15 is 0 Å². The number of hydrogen-bond donors (Lipinski definition) is 1. The Labute approximate surface area is 50.4 Å². The van der Waals surface area contributed by atoms with E-state index in [0.29, 0.717) is 6.61 Å². The van der Waals surface area contributed by atoms with Crippen LogP contribution in [0.25, 0.3) is 0 Å². The van der Waals surface area contributed by atoms with E-state index in [-0.39, 0.29) is 0 Å². The van der Waals surface area contributed by atoms with Crippen molar-refractivity contribution in [1.82, 2.24) is 4.33 Å². The van der Waals surface area contributed by atoms with Gasteiger partial charge in [0.2, 0.25) is 0 Å². The van der Waals surface area contributed by atoms with Crippen LogP contribution in [0.4, 0.5) is 4.79 Å². The molecule has 0 saturated carbocycles. The fraction of sp³-hybridized carbons (Fsp3) is 0.667. The number of amides is 1. The molecule has 0 aromatic carbocycles. The summed E-state index contributed by atoms with van der Waals surface area (Å²) in [6.45, 7) is 2.07. The third-order valence-corrected chi connectivity index (χ3v) is 0.529. The van der Waals surface area contributed by atoms with Crippen LogP contribution in [0.1, 0.15) is 6.92 Å². The summed E-state index contributed by atoms with van der Waals surface area (Å²) < 4.78 is 6.20. The van der Waals surface area contributed by atoms with E-state index in [1.165, 1.54) is 0 Å². The number of carbonyl (C=O) groups is 1. The summed E-state index contributed by atoms with van der Waals surface area (Å²) in [5.41, 5.74) is 0. The molecular formula is C3H6CuNO2. The molecule has 1 N–H and O–H groups in total. The SMILES string of the molecule is CCOC(=O)[NH][Cu]. The molecule has 0 aromatic rings. The summed E-state index contributed by atoms with van der Waals surface area (Å²) in [5.74, 6) is 0. The predicted molar refractivity (Wildman–Crippen MR) is 20.2 cm³/mol. The zero-order valence-corrected chi connectivity index (χ0v) is 4.77. The van der Waals surface area contributed by atoms with Crippen LogP contribution in [-0.4, -0.2) is 12.7 Å². The van der Waals surface area contributed by atoms with E-state index in [4.69, 9.17) is 0 Å². The van der Waals surface area contributed by atoms with Crippen molar-refractivity contribution in [2.75, 3.05) is 6.61 Å². The van der Waals surface area contributed by atoms with Crippen molar-refractivity contribution in [3.05, 3.63) is 0 Å². The van der Waals surface area contributed by atoms with Crippen LogP contribution in [0.3, 0.4) is 0 Å². The second-order valence-electron chi connectivity index (χ2n) is 0.796. The Morgan fingerprint density at radius 2 is 2.57 bits per heavy atom. The van der Waals surface area contributed by atoms with Gasteiger partial charge in [0.05, 0.1) is 0 Å². The first-order valence-electron chi connectivity index (χ1n) is 1.80. The molecule has 0 atom stereocenters. The van der Waals surface area contributed by atoms with E-state index < -0.39 is 6.09 Å². The van der Waals surface area contributed by atoms with Gasteiger partial charge in [-0.25, -0.2) is 0 Å². The molecule has 3 nitrogen and oxygen atoms in total. The first kappa shape index (κ1) is 6.79. The van der Waals surface area contributed by atoms with E-state index in [1.807, 2.05) is 4.33 Å². The number of hydrogen-bond acceptors (Lipinski definition) is 2. The van der Waals surface area contributed by atoms with Crippen LogP contribution in [0.5, 0.6) is 0 Å². The average Bonchev–Trinajstić information content (AvgIpc) is 1.68. The van der Waals surface area contributed by atoms with Crippen molar-refractivity contribution in [3.63, 3.8) is 0 Å². The van der Waals surface area contributed by atoms with Gasteiger partial charge in [-0.2, -0.15) is 0 Å². The maximum absolute atomic E-state index is 9.97. The standard InChI is InChI=1S/C3H7NO2.Cu/c1-2-6-3(4)5;/h2H2,1H3,(H2,4,5);/q;+1/p-1. The number of nitrogens with one attached hydrogen (secondary N) is 1. The van der Waals surface area contributed by atoms with E-state index in [0.717, 1.165) is 0 Å². The van der Waals surface area contributed by atoms with Gasteiger partial charge in [0.15, 0.2) is 0 Å². The number of ether oxygens (including phenoxy) is 1. The first-order chi connectivity index (χ1) is 3.31. The fourth-order valence-corrected chi connectivity index (χ4v) is 0.221. The summed E-state index contributed by atoms with van der Waals surface area (Å²) in [5, 5.41) is 0. The fourth-order valence-electron chi connectivity index (χ4n) is 0.153. The Bertz CT molecular complexity index is 66.0. The molecule has 0 aromatic heterocycles. The zero-order chi connectivity index (χ0) is 5.70. The van der Waals surface area contributed by atoms with Crippen molar-refractivity contribution < 1.29 is 25.8 Å². The third kappa shape index (κ3) is 3.62. The summed E-state index contributed by atoms with van der Waals surface area (Å²) in [4.78, 5) is 9.97. The van der Waals surface area contributed by atoms with Gasteiger partial charge in [0.25, 0.3) is 0 Å². The summed E-state index contributed by atoms with van der Waals surface area (Å²) in [7, 11) is 0. The van der Waals surface area contributed by atoms with E-state index in [9.17, 15) is 4.79 Å². The molecule has 0 spiro atoms. The zero-order valence-electron chi connectivity index (χ0n) is 3.83. The molecule has 0 fully saturated rings. The molecule has 0 aliphatic rings. The van der Waals surface area contributed by atoms with Crippen molar-refractivity contribution in [1.29, 1.82) is 0 Å². The second-order valence-corrected chi connectivity index (χ2v) is 1.03. The van der Waals surface area contributed by atoms with Crippen molar-refractivity contribution in [2.24, 2.45) is 0 Å². The topological polar surface area (TPSA) is 38.3 Å². The summed E-state index contributed by atoms with van der Waals surface area (Å²) >= 11 is 4.25. The molecule has 1 amide bonds. The molecule has 0 radical (unpaired) electrons. The number of rotatable bonds is 1. The van der Waals surface area contributed by atoms with Gasteiger partial charge in [-0.3, -0.25) is 0 Å². The van der Waals surface area contributed by atoms with Crippen LogP contribution in [0.2, 0.25) is 0 Å². The van der Waals surface area contributed by atoms with Gasteiger partial charge in [-0.05, 0) is 0 Å². The molecule has 7 heavy (non-hydrogen) atoms. The average molecular weight is 152 g/mol. The van der Waals surface area contributed by atoms with Gasteiger partial charge in [-0.15, -0.1) is 0 Å². The molecule has 46 valence electrons. The minimum atomic E-state index is -0.567. The Morgan fingerprint density at radius 1 is 2.00 bits per heavy atom. The molecule has 0 saturated heterocycles. The molecule has 0 bridgehead atoms. The molecule has 0 aliphatic carbocycles. The molecule has 0 unspecified atom stereocenters. The molecule has 0 aliphatic heterocycles. The first-order valence-corrected chi connectivity index (χ1v) is 2.28. The van der Waals surface area contributed by atoms with Crippen molar-refractivity contribution in [3.8, 4) is 0 Å². The quantitative estimate of drug-likeness (QED) is 0.544. The van der Waals surface area contributed by atoms with Crippen LogP contribution in [0.15, 0.2) is 0 Å².